The minimum absolute atomic E-state index is 0.0615. The highest BCUT2D eigenvalue weighted by atomic mass is 32.1. The first-order valence-electron chi connectivity index (χ1n) is 6.00. The molecule has 0 radical (unpaired) electrons. The Morgan fingerprint density at radius 1 is 1.35 bits per heavy atom. The van der Waals surface area contributed by atoms with Gasteiger partial charge in [-0.1, -0.05) is 38.0 Å². The lowest BCUT2D eigenvalue weighted by atomic mass is 10.0. The van der Waals surface area contributed by atoms with Crippen LogP contribution in [0.15, 0.2) is 0 Å². The van der Waals surface area contributed by atoms with Crippen molar-refractivity contribution in [1.82, 2.24) is 15.1 Å². The summed E-state index contributed by atoms with van der Waals surface area (Å²) in [5.41, 5.74) is 5.49. The molecule has 2 N–H and O–H groups in total. The molecular formula is C11H20N4OS. The zero-order chi connectivity index (χ0) is 12.8. The van der Waals surface area contributed by atoms with Crippen LogP contribution in [0.1, 0.15) is 43.4 Å². The minimum Gasteiger partial charge on any atom is -0.374 e. The van der Waals surface area contributed by atoms with E-state index < -0.39 is 0 Å². The lowest BCUT2D eigenvalue weighted by molar-refractivity contribution is 0.0733. The van der Waals surface area contributed by atoms with Gasteiger partial charge in [0.15, 0.2) is 0 Å². The molecule has 0 saturated heterocycles. The molecule has 5 nitrogen and oxygen atoms in total. The number of anilines is 1. The number of amides is 1. The van der Waals surface area contributed by atoms with E-state index in [-0.39, 0.29) is 5.91 Å². The number of nitrogens with zero attached hydrogens (tertiary/aromatic N) is 3. The third-order valence-corrected chi connectivity index (χ3v) is 3.67. The topological polar surface area (TPSA) is 72.1 Å². The Balaban J connectivity index is 2.70. The zero-order valence-electron chi connectivity index (χ0n) is 10.6. The Morgan fingerprint density at radius 2 is 2.00 bits per heavy atom. The summed E-state index contributed by atoms with van der Waals surface area (Å²) in [5, 5.41) is 8.19. The molecular weight excluding hydrogens is 236 g/mol. The van der Waals surface area contributed by atoms with Gasteiger partial charge in [0, 0.05) is 13.1 Å². The van der Waals surface area contributed by atoms with Crippen molar-refractivity contribution in [1.29, 1.82) is 0 Å². The Bertz CT molecular complexity index is 362. The van der Waals surface area contributed by atoms with E-state index in [4.69, 9.17) is 5.73 Å². The molecule has 1 heterocycles. The first-order chi connectivity index (χ1) is 8.12. The summed E-state index contributed by atoms with van der Waals surface area (Å²) in [6.07, 6.45) is 2.16. The van der Waals surface area contributed by atoms with Gasteiger partial charge in [-0.2, -0.15) is 0 Å². The van der Waals surface area contributed by atoms with Crippen molar-refractivity contribution in [3.63, 3.8) is 0 Å². The van der Waals surface area contributed by atoms with Crippen molar-refractivity contribution in [3.8, 4) is 0 Å². The van der Waals surface area contributed by atoms with Crippen LogP contribution in [0.25, 0.3) is 0 Å². The number of hydrogen-bond donors (Lipinski definition) is 1. The standard InChI is InChI=1S/C11H20N4OS/c1-4-8(5-2)7-15(6-3)10(16)9-13-14-11(12)17-9/h8H,4-7H2,1-3H3,(H2,12,14). The monoisotopic (exact) mass is 256 g/mol. The minimum atomic E-state index is -0.0615. The average molecular weight is 256 g/mol. The first kappa shape index (κ1) is 13.9. The molecule has 0 saturated carbocycles. The molecule has 96 valence electrons. The zero-order valence-corrected chi connectivity index (χ0v) is 11.5. The molecule has 0 bridgehead atoms. The van der Waals surface area contributed by atoms with E-state index in [0.29, 0.717) is 22.6 Å². The Kier molecular flexibility index (Phi) is 5.34. The number of rotatable bonds is 6. The number of carbonyl (C=O) groups excluding carboxylic acids is 1. The van der Waals surface area contributed by atoms with E-state index in [1.165, 1.54) is 0 Å². The third kappa shape index (κ3) is 3.66. The largest absolute Gasteiger partial charge is 0.374 e. The van der Waals surface area contributed by atoms with Gasteiger partial charge in [0.2, 0.25) is 10.1 Å². The molecule has 0 atom stereocenters. The van der Waals surface area contributed by atoms with Crippen LogP contribution in [0.4, 0.5) is 5.13 Å². The van der Waals surface area contributed by atoms with Crippen LogP contribution >= 0.6 is 11.3 Å². The molecule has 0 aliphatic carbocycles. The smallest absolute Gasteiger partial charge is 0.284 e. The van der Waals surface area contributed by atoms with Crippen LogP contribution in [0.3, 0.4) is 0 Å². The van der Waals surface area contributed by atoms with Crippen molar-refractivity contribution < 1.29 is 4.79 Å². The van der Waals surface area contributed by atoms with Gasteiger partial charge in [0.25, 0.3) is 5.91 Å². The van der Waals surface area contributed by atoms with Gasteiger partial charge >= 0.3 is 0 Å². The van der Waals surface area contributed by atoms with Crippen molar-refractivity contribution >= 4 is 22.4 Å². The molecule has 6 heteroatoms. The lowest BCUT2D eigenvalue weighted by Crippen LogP contribution is -2.35. The van der Waals surface area contributed by atoms with Gasteiger partial charge in [0.05, 0.1) is 0 Å². The molecule has 17 heavy (non-hydrogen) atoms. The van der Waals surface area contributed by atoms with Crippen LogP contribution in [-0.4, -0.2) is 34.1 Å². The summed E-state index contributed by atoms with van der Waals surface area (Å²) >= 11 is 1.15. The lowest BCUT2D eigenvalue weighted by Gasteiger charge is -2.24. The van der Waals surface area contributed by atoms with Crippen molar-refractivity contribution in [2.45, 2.75) is 33.6 Å². The Hall–Kier alpha value is -1.17. The van der Waals surface area contributed by atoms with E-state index in [9.17, 15) is 4.79 Å². The highest BCUT2D eigenvalue weighted by Gasteiger charge is 2.20. The van der Waals surface area contributed by atoms with Gasteiger partial charge in [-0.3, -0.25) is 4.79 Å². The maximum absolute atomic E-state index is 12.1. The Morgan fingerprint density at radius 3 is 2.41 bits per heavy atom. The van der Waals surface area contributed by atoms with Gasteiger partial charge < -0.3 is 10.6 Å². The number of aromatic nitrogens is 2. The molecule has 1 rings (SSSR count). The summed E-state index contributed by atoms with van der Waals surface area (Å²) in [6.45, 7) is 7.74. The third-order valence-electron chi connectivity index (χ3n) is 2.93. The van der Waals surface area contributed by atoms with Crippen molar-refractivity contribution in [2.75, 3.05) is 18.8 Å². The fourth-order valence-electron chi connectivity index (χ4n) is 1.67. The maximum Gasteiger partial charge on any atom is 0.284 e. The molecule has 1 aromatic rings. The molecule has 0 aliphatic rings. The first-order valence-corrected chi connectivity index (χ1v) is 6.82. The molecule has 0 spiro atoms. The Labute approximate surface area is 106 Å². The quantitative estimate of drug-likeness (QED) is 0.845. The maximum atomic E-state index is 12.1. The van der Waals surface area contributed by atoms with E-state index in [2.05, 4.69) is 24.0 Å². The summed E-state index contributed by atoms with van der Waals surface area (Å²) < 4.78 is 0. The number of hydrogen-bond acceptors (Lipinski definition) is 5. The summed E-state index contributed by atoms with van der Waals surface area (Å²) in [4.78, 5) is 14.0. The summed E-state index contributed by atoms with van der Waals surface area (Å²) in [5.74, 6) is 0.484. The normalized spacial score (nSPS) is 10.8. The number of nitrogens with two attached hydrogens (primary N) is 1. The van der Waals surface area contributed by atoms with Crippen LogP contribution in [0.5, 0.6) is 0 Å². The SMILES string of the molecule is CCC(CC)CN(CC)C(=O)c1nnc(N)s1. The number of nitrogen functional groups attached to an aromatic ring is 1. The fraction of sp³-hybridized carbons (Fsp3) is 0.727. The summed E-state index contributed by atoms with van der Waals surface area (Å²) in [6, 6.07) is 0. The van der Waals surface area contributed by atoms with Gasteiger partial charge in [-0.15, -0.1) is 10.2 Å². The van der Waals surface area contributed by atoms with Crippen LogP contribution in [0, 0.1) is 5.92 Å². The molecule has 1 amide bonds. The van der Waals surface area contributed by atoms with Crippen molar-refractivity contribution in [2.24, 2.45) is 5.92 Å². The van der Waals surface area contributed by atoms with Crippen molar-refractivity contribution in [3.05, 3.63) is 5.01 Å². The highest BCUT2D eigenvalue weighted by molar-refractivity contribution is 7.16. The van der Waals surface area contributed by atoms with E-state index in [1.807, 2.05) is 11.8 Å². The predicted molar refractivity (Wildman–Crippen MR) is 70.0 cm³/mol. The number of carbonyl (C=O) groups is 1. The van der Waals surface area contributed by atoms with E-state index in [1.54, 1.807) is 0 Å². The van der Waals surface area contributed by atoms with Gasteiger partial charge in [0.1, 0.15) is 0 Å². The second-order valence-corrected chi connectivity index (χ2v) is 4.98. The molecule has 1 aromatic heterocycles. The highest BCUT2D eigenvalue weighted by Crippen LogP contribution is 2.16. The molecule has 0 aliphatic heterocycles. The predicted octanol–water partition coefficient (Wildman–Crippen LogP) is 2.02. The summed E-state index contributed by atoms with van der Waals surface area (Å²) in [7, 11) is 0. The second-order valence-electron chi connectivity index (χ2n) is 3.97. The van der Waals surface area contributed by atoms with Crippen LogP contribution in [0.2, 0.25) is 0 Å². The van der Waals surface area contributed by atoms with Gasteiger partial charge in [-0.05, 0) is 12.8 Å². The second kappa shape index (κ2) is 6.54. The van der Waals surface area contributed by atoms with E-state index >= 15 is 0 Å². The fourth-order valence-corrected chi connectivity index (χ4v) is 2.25. The average Bonchev–Trinajstić information content (AvgIpc) is 2.77. The van der Waals surface area contributed by atoms with Crippen LogP contribution in [-0.2, 0) is 0 Å². The van der Waals surface area contributed by atoms with Crippen LogP contribution < -0.4 is 5.73 Å². The molecule has 0 aromatic carbocycles. The molecule has 0 fully saturated rings. The van der Waals surface area contributed by atoms with Gasteiger partial charge in [-0.25, -0.2) is 0 Å². The van der Waals surface area contributed by atoms with E-state index in [0.717, 1.165) is 30.7 Å². The molecule has 0 unspecified atom stereocenters.